The molecule has 0 aliphatic rings. The smallest absolute Gasteiger partial charge is 0.303 e. The average molecular weight is 283 g/mol. The summed E-state index contributed by atoms with van der Waals surface area (Å²) in [4.78, 5) is 27.4. The van der Waals surface area contributed by atoms with Crippen LogP contribution in [0.2, 0.25) is 0 Å². The molecule has 0 spiro atoms. The van der Waals surface area contributed by atoms with E-state index in [1.807, 2.05) is 30.3 Å². The summed E-state index contributed by atoms with van der Waals surface area (Å²) < 4.78 is 8.05. The molecule has 6 nitrogen and oxygen atoms in total. The minimum atomic E-state index is -0.404. The van der Waals surface area contributed by atoms with Crippen molar-refractivity contribution in [3.05, 3.63) is 64.7 Å². The minimum Gasteiger partial charge on any atom is -0.459 e. The van der Waals surface area contributed by atoms with E-state index in [4.69, 9.17) is 4.74 Å². The molecular formula is C15H13N3O3. The molecule has 0 bridgehead atoms. The van der Waals surface area contributed by atoms with E-state index in [2.05, 4.69) is 4.98 Å². The van der Waals surface area contributed by atoms with Gasteiger partial charge in [-0.3, -0.25) is 14.3 Å². The van der Waals surface area contributed by atoms with E-state index in [0.717, 1.165) is 5.69 Å². The maximum atomic E-state index is 12.3. The number of aromatic nitrogens is 3. The van der Waals surface area contributed by atoms with Gasteiger partial charge in [-0.2, -0.15) is 4.52 Å². The molecule has 0 radical (unpaired) electrons. The fraction of sp³-hybridized carbons (Fsp3) is 0.133. The van der Waals surface area contributed by atoms with Crippen molar-refractivity contribution in [3.63, 3.8) is 0 Å². The Kier molecular flexibility index (Phi) is 3.27. The van der Waals surface area contributed by atoms with Gasteiger partial charge in [0.05, 0.1) is 11.4 Å². The Morgan fingerprint density at radius 2 is 2.00 bits per heavy atom. The molecule has 1 aromatic carbocycles. The van der Waals surface area contributed by atoms with Gasteiger partial charge in [-0.1, -0.05) is 18.2 Å². The highest BCUT2D eigenvalue weighted by molar-refractivity contribution is 5.65. The van der Waals surface area contributed by atoms with Crippen molar-refractivity contribution in [1.29, 1.82) is 0 Å². The van der Waals surface area contributed by atoms with E-state index in [0.29, 0.717) is 11.3 Å². The minimum absolute atomic E-state index is 0.00239. The third-order valence-electron chi connectivity index (χ3n) is 3.00. The van der Waals surface area contributed by atoms with Crippen molar-refractivity contribution in [1.82, 2.24) is 14.2 Å². The summed E-state index contributed by atoms with van der Waals surface area (Å²) in [6, 6.07) is 12.6. The summed E-state index contributed by atoms with van der Waals surface area (Å²) in [5.74, 6) is -0.404. The van der Waals surface area contributed by atoms with E-state index >= 15 is 0 Å². The molecule has 21 heavy (non-hydrogen) atoms. The van der Waals surface area contributed by atoms with Gasteiger partial charge in [-0.25, -0.2) is 4.98 Å². The zero-order valence-electron chi connectivity index (χ0n) is 11.4. The van der Waals surface area contributed by atoms with Gasteiger partial charge in [0.25, 0.3) is 5.56 Å². The molecule has 6 heteroatoms. The molecule has 106 valence electrons. The summed E-state index contributed by atoms with van der Waals surface area (Å²) >= 11 is 0. The van der Waals surface area contributed by atoms with E-state index in [1.165, 1.54) is 17.5 Å². The second-order valence-corrected chi connectivity index (χ2v) is 4.53. The number of nitrogens with zero attached hydrogens (tertiary/aromatic N) is 3. The Labute approximate surface area is 120 Å². The molecule has 2 aromatic heterocycles. The summed E-state index contributed by atoms with van der Waals surface area (Å²) in [5.41, 5.74) is 1.58. The molecule has 0 saturated carbocycles. The third kappa shape index (κ3) is 2.55. The van der Waals surface area contributed by atoms with Crippen LogP contribution in [0, 0.1) is 0 Å². The van der Waals surface area contributed by atoms with Crippen LogP contribution in [0.4, 0.5) is 0 Å². The van der Waals surface area contributed by atoms with Crippen LogP contribution in [0.1, 0.15) is 12.6 Å². The van der Waals surface area contributed by atoms with Crippen molar-refractivity contribution < 1.29 is 9.53 Å². The Morgan fingerprint density at radius 3 is 2.71 bits per heavy atom. The lowest BCUT2D eigenvalue weighted by atomic mass is 10.3. The van der Waals surface area contributed by atoms with Gasteiger partial charge in [0.15, 0.2) is 5.65 Å². The second kappa shape index (κ2) is 5.24. The van der Waals surface area contributed by atoms with E-state index in [9.17, 15) is 9.59 Å². The van der Waals surface area contributed by atoms with Gasteiger partial charge in [0, 0.05) is 25.3 Å². The predicted molar refractivity (Wildman–Crippen MR) is 76.3 cm³/mol. The van der Waals surface area contributed by atoms with Crippen LogP contribution in [0.5, 0.6) is 0 Å². The molecule has 0 amide bonds. The van der Waals surface area contributed by atoms with Crippen LogP contribution in [0.3, 0.4) is 0 Å². The zero-order valence-corrected chi connectivity index (χ0v) is 11.4. The van der Waals surface area contributed by atoms with Crippen LogP contribution >= 0.6 is 0 Å². The molecule has 3 aromatic rings. The fourth-order valence-corrected chi connectivity index (χ4v) is 2.10. The standard InChI is InChI=1S/C15H13N3O3/c1-11(19)21-10-12-9-15(20)18-14(16-12)7-8-17(18)13-5-3-2-4-6-13/h2-9H,10H2,1H3. The number of esters is 1. The SMILES string of the molecule is CC(=O)OCc1cc(=O)n2c(ccn2-c2ccccc2)n1. The van der Waals surface area contributed by atoms with Gasteiger partial charge >= 0.3 is 5.97 Å². The van der Waals surface area contributed by atoms with Crippen molar-refractivity contribution in [2.75, 3.05) is 0 Å². The summed E-state index contributed by atoms with van der Waals surface area (Å²) in [6.07, 6.45) is 1.77. The maximum absolute atomic E-state index is 12.3. The molecule has 0 N–H and O–H groups in total. The molecule has 0 aliphatic carbocycles. The maximum Gasteiger partial charge on any atom is 0.303 e. The fourth-order valence-electron chi connectivity index (χ4n) is 2.10. The topological polar surface area (TPSA) is 65.6 Å². The first-order valence-corrected chi connectivity index (χ1v) is 6.44. The van der Waals surface area contributed by atoms with Crippen LogP contribution < -0.4 is 5.56 Å². The number of hydrogen-bond acceptors (Lipinski definition) is 4. The third-order valence-corrected chi connectivity index (χ3v) is 3.00. The van der Waals surface area contributed by atoms with Gasteiger partial charge in [-0.05, 0) is 12.1 Å². The Morgan fingerprint density at radius 1 is 1.24 bits per heavy atom. The molecule has 0 fully saturated rings. The van der Waals surface area contributed by atoms with Crippen LogP contribution in [0.15, 0.2) is 53.5 Å². The normalized spacial score (nSPS) is 10.7. The molecule has 3 rings (SSSR count). The largest absolute Gasteiger partial charge is 0.459 e. The second-order valence-electron chi connectivity index (χ2n) is 4.53. The van der Waals surface area contributed by atoms with Gasteiger partial charge in [-0.15, -0.1) is 0 Å². The van der Waals surface area contributed by atoms with E-state index in [1.54, 1.807) is 16.9 Å². The first-order valence-electron chi connectivity index (χ1n) is 6.44. The van der Waals surface area contributed by atoms with Gasteiger partial charge in [0.2, 0.25) is 0 Å². The predicted octanol–water partition coefficient (Wildman–Crippen LogP) is 1.55. The number of carbonyl (C=O) groups excluding carboxylic acids is 1. The highest BCUT2D eigenvalue weighted by Gasteiger charge is 2.08. The zero-order chi connectivity index (χ0) is 14.8. The molecule has 0 unspecified atom stereocenters. The average Bonchev–Trinajstić information content (AvgIpc) is 2.90. The van der Waals surface area contributed by atoms with E-state index in [-0.39, 0.29) is 12.2 Å². The lowest BCUT2D eigenvalue weighted by molar-refractivity contribution is -0.142. The summed E-state index contributed by atoms with van der Waals surface area (Å²) in [5, 5.41) is 0. The molecule has 0 saturated heterocycles. The Balaban J connectivity index is 2.07. The quantitative estimate of drug-likeness (QED) is 0.684. The first-order chi connectivity index (χ1) is 10.1. The number of fused-ring (bicyclic) bond motifs is 1. The monoisotopic (exact) mass is 283 g/mol. The number of ether oxygens (including phenoxy) is 1. The number of hydrogen-bond donors (Lipinski definition) is 0. The van der Waals surface area contributed by atoms with Gasteiger partial charge in [0.1, 0.15) is 6.61 Å². The number of rotatable bonds is 3. The molecule has 2 heterocycles. The highest BCUT2D eigenvalue weighted by atomic mass is 16.5. The summed E-state index contributed by atoms with van der Waals surface area (Å²) in [7, 11) is 0. The van der Waals surface area contributed by atoms with Crippen LogP contribution in [0.25, 0.3) is 11.3 Å². The first kappa shape index (κ1) is 13.1. The van der Waals surface area contributed by atoms with Gasteiger partial charge < -0.3 is 4.74 Å². The Bertz CT molecular complexity index is 849. The van der Waals surface area contributed by atoms with Crippen LogP contribution in [-0.2, 0) is 16.1 Å². The summed E-state index contributed by atoms with van der Waals surface area (Å²) in [6.45, 7) is 1.31. The molecule has 0 atom stereocenters. The Hall–Kier alpha value is -2.89. The van der Waals surface area contributed by atoms with Crippen molar-refractivity contribution >= 4 is 11.6 Å². The molecular weight excluding hydrogens is 270 g/mol. The number of para-hydroxylation sites is 1. The van der Waals surface area contributed by atoms with E-state index < -0.39 is 5.97 Å². The lowest BCUT2D eigenvalue weighted by Crippen LogP contribution is -2.21. The highest BCUT2D eigenvalue weighted by Crippen LogP contribution is 2.09. The van der Waals surface area contributed by atoms with Crippen molar-refractivity contribution in [3.8, 4) is 5.69 Å². The van der Waals surface area contributed by atoms with Crippen molar-refractivity contribution in [2.24, 2.45) is 0 Å². The lowest BCUT2D eigenvalue weighted by Gasteiger charge is -2.07. The number of benzene rings is 1. The number of carbonyl (C=O) groups is 1. The van der Waals surface area contributed by atoms with Crippen LogP contribution in [-0.4, -0.2) is 20.2 Å². The van der Waals surface area contributed by atoms with Crippen molar-refractivity contribution in [2.45, 2.75) is 13.5 Å². The molecule has 0 aliphatic heterocycles.